The van der Waals surface area contributed by atoms with Gasteiger partial charge in [-0.1, -0.05) is 6.07 Å². The minimum atomic E-state index is -3.61. The van der Waals surface area contributed by atoms with Gasteiger partial charge in [-0.25, -0.2) is 8.42 Å². The molecule has 26 heavy (non-hydrogen) atoms. The molecule has 0 atom stereocenters. The number of nitrogens with zero attached hydrogens (tertiary/aromatic N) is 3. The molecule has 4 rings (SSSR count). The van der Waals surface area contributed by atoms with Crippen molar-refractivity contribution >= 4 is 50.0 Å². The number of fused-ring (bicyclic) bond motifs is 1. The zero-order chi connectivity index (χ0) is 18.1. The monoisotopic (exact) mass is 408 g/mol. The normalized spacial score (nSPS) is 15.5. The van der Waals surface area contributed by atoms with Gasteiger partial charge in [0.25, 0.3) is 5.91 Å². The molecule has 0 bridgehead atoms. The predicted octanol–water partition coefficient (Wildman–Crippen LogP) is 2.47. The van der Waals surface area contributed by atoms with E-state index in [-0.39, 0.29) is 15.7 Å². The highest BCUT2D eigenvalue weighted by Crippen LogP contribution is 2.27. The molecule has 0 saturated carbocycles. The number of aromatic nitrogens is 2. The number of thiophene rings is 1. The smallest absolute Gasteiger partial charge is 0.263 e. The lowest BCUT2D eigenvalue weighted by Gasteiger charge is -2.15. The molecule has 0 radical (unpaired) electrons. The van der Waals surface area contributed by atoms with Crippen LogP contribution >= 0.6 is 23.1 Å². The molecular weight excluding hydrogens is 392 g/mol. The summed E-state index contributed by atoms with van der Waals surface area (Å²) in [6, 6.07) is 7.12. The first-order valence-electron chi connectivity index (χ1n) is 8.13. The number of nitrogens with one attached hydrogen (secondary N) is 1. The molecule has 1 fully saturated rings. The Labute approximate surface area is 159 Å². The number of carbonyl (C=O) groups is 1. The van der Waals surface area contributed by atoms with Gasteiger partial charge in [0.05, 0.1) is 11.7 Å². The first-order valence-corrected chi connectivity index (χ1v) is 11.2. The summed E-state index contributed by atoms with van der Waals surface area (Å²) in [7, 11) is -3.61. The second kappa shape index (κ2) is 7.03. The van der Waals surface area contributed by atoms with Crippen LogP contribution in [-0.2, 0) is 16.6 Å². The quantitative estimate of drug-likeness (QED) is 0.700. The van der Waals surface area contributed by atoms with Crippen molar-refractivity contribution in [3.05, 3.63) is 40.1 Å². The summed E-state index contributed by atoms with van der Waals surface area (Å²) in [4.78, 5) is 12.9. The van der Waals surface area contributed by atoms with E-state index in [1.165, 1.54) is 10.4 Å². The van der Waals surface area contributed by atoms with Gasteiger partial charge in [0.2, 0.25) is 10.0 Å². The Hall–Kier alpha value is -1.88. The first-order chi connectivity index (χ1) is 12.6. The molecule has 7 nitrogen and oxygen atoms in total. The van der Waals surface area contributed by atoms with Crippen LogP contribution in [-0.4, -0.2) is 40.5 Å². The fraction of sp³-hybridized carbons (Fsp3) is 0.312. The summed E-state index contributed by atoms with van der Waals surface area (Å²) in [6.07, 6.45) is 1.72. The Balaban J connectivity index is 1.51. The number of hydrogen-bond donors (Lipinski definition) is 1. The molecule has 0 spiro atoms. The molecule has 3 aromatic rings. The van der Waals surface area contributed by atoms with Gasteiger partial charge in [-0.3, -0.25) is 4.79 Å². The second-order valence-electron chi connectivity index (χ2n) is 6.00. The van der Waals surface area contributed by atoms with Gasteiger partial charge in [-0.15, -0.1) is 11.3 Å². The first kappa shape index (κ1) is 17.5. The molecule has 1 aliphatic rings. The van der Waals surface area contributed by atoms with Crippen molar-refractivity contribution in [2.45, 2.75) is 24.3 Å². The number of benzene rings is 1. The Morgan fingerprint density at radius 1 is 1.15 bits per heavy atom. The lowest BCUT2D eigenvalue weighted by molar-refractivity contribution is 0.0952. The maximum absolute atomic E-state index is 12.8. The third-order valence-electron chi connectivity index (χ3n) is 4.29. The van der Waals surface area contributed by atoms with Crippen molar-refractivity contribution in [2.24, 2.45) is 0 Å². The highest BCUT2D eigenvalue weighted by Gasteiger charge is 2.31. The van der Waals surface area contributed by atoms with Gasteiger partial charge >= 0.3 is 0 Å². The van der Waals surface area contributed by atoms with Crippen molar-refractivity contribution in [1.82, 2.24) is 18.4 Å². The molecule has 1 saturated heterocycles. The summed E-state index contributed by atoms with van der Waals surface area (Å²) in [5, 5.41) is 4.45. The SMILES string of the molecule is O=C(NCc1ccc2nsnc2c1)c1sccc1S(=O)(=O)N1CCCC1. The molecule has 3 heterocycles. The largest absolute Gasteiger partial charge is 0.347 e. The molecule has 10 heteroatoms. The highest BCUT2D eigenvalue weighted by atomic mass is 32.2. The van der Waals surface area contributed by atoms with Crippen LogP contribution in [0.4, 0.5) is 0 Å². The van der Waals surface area contributed by atoms with E-state index in [0.29, 0.717) is 19.6 Å². The topological polar surface area (TPSA) is 92.3 Å². The summed E-state index contributed by atoms with van der Waals surface area (Å²) in [6.45, 7) is 1.33. The van der Waals surface area contributed by atoms with Crippen LogP contribution in [0.25, 0.3) is 11.0 Å². The van der Waals surface area contributed by atoms with Gasteiger partial charge < -0.3 is 5.32 Å². The van der Waals surface area contributed by atoms with Crippen LogP contribution in [0.2, 0.25) is 0 Å². The Morgan fingerprint density at radius 3 is 2.73 bits per heavy atom. The zero-order valence-corrected chi connectivity index (χ0v) is 16.2. The van der Waals surface area contributed by atoms with Crippen molar-refractivity contribution in [2.75, 3.05) is 13.1 Å². The van der Waals surface area contributed by atoms with E-state index in [0.717, 1.165) is 52.5 Å². The van der Waals surface area contributed by atoms with Crippen LogP contribution < -0.4 is 5.32 Å². The van der Waals surface area contributed by atoms with Crippen molar-refractivity contribution in [1.29, 1.82) is 0 Å². The van der Waals surface area contributed by atoms with E-state index in [1.54, 1.807) is 5.38 Å². The van der Waals surface area contributed by atoms with E-state index in [4.69, 9.17) is 0 Å². The molecule has 1 aliphatic heterocycles. The average molecular weight is 409 g/mol. The molecule has 1 amide bonds. The van der Waals surface area contributed by atoms with Crippen molar-refractivity contribution < 1.29 is 13.2 Å². The van der Waals surface area contributed by atoms with Gasteiger partial charge in [-0.05, 0) is 42.0 Å². The summed E-state index contributed by atoms with van der Waals surface area (Å²) in [5.41, 5.74) is 2.50. The molecule has 1 N–H and O–H groups in total. The Morgan fingerprint density at radius 2 is 1.92 bits per heavy atom. The summed E-state index contributed by atoms with van der Waals surface area (Å²) < 4.78 is 35.3. The number of rotatable bonds is 5. The minimum Gasteiger partial charge on any atom is -0.347 e. The fourth-order valence-electron chi connectivity index (χ4n) is 2.93. The van der Waals surface area contributed by atoms with Crippen LogP contribution in [0.15, 0.2) is 34.5 Å². The lowest BCUT2D eigenvalue weighted by atomic mass is 10.2. The van der Waals surface area contributed by atoms with Gasteiger partial charge in [-0.2, -0.15) is 13.1 Å². The Bertz CT molecular complexity index is 1050. The average Bonchev–Trinajstić information content (AvgIpc) is 3.40. The number of carbonyl (C=O) groups excluding carboxylic acids is 1. The van der Waals surface area contributed by atoms with E-state index in [9.17, 15) is 13.2 Å². The van der Waals surface area contributed by atoms with Crippen LogP contribution in [0.5, 0.6) is 0 Å². The maximum Gasteiger partial charge on any atom is 0.263 e. The van der Waals surface area contributed by atoms with Crippen LogP contribution in [0, 0.1) is 0 Å². The Kier molecular flexibility index (Phi) is 4.74. The van der Waals surface area contributed by atoms with Crippen LogP contribution in [0.1, 0.15) is 28.1 Å². The molecular formula is C16H16N4O3S3. The molecule has 2 aromatic heterocycles. The van der Waals surface area contributed by atoms with E-state index in [1.807, 2.05) is 18.2 Å². The highest BCUT2D eigenvalue weighted by molar-refractivity contribution is 7.89. The summed E-state index contributed by atoms with van der Waals surface area (Å²) in [5.74, 6) is -0.380. The standard InChI is InChI=1S/C16H16N4O3S3/c21-16(17-10-11-3-4-12-13(9-11)19-25-18-12)15-14(5-8-24-15)26(22,23)20-6-1-2-7-20/h3-5,8-9H,1-2,6-7,10H2,(H,17,21). The van der Waals surface area contributed by atoms with Crippen LogP contribution in [0.3, 0.4) is 0 Å². The maximum atomic E-state index is 12.8. The van der Waals surface area contributed by atoms with E-state index >= 15 is 0 Å². The fourth-order valence-corrected chi connectivity index (χ4v) is 6.29. The third-order valence-corrected chi connectivity index (χ3v) is 7.83. The van der Waals surface area contributed by atoms with Crippen molar-refractivity contribution in [3.63, 3.8) is 0 Å². The molecule has 0 unspecified atom stereocenters. The van der Waals surface area contributed by atoms with Crippen molar-refractivity contribution in [3.8, 4) is 0 Å². The van der Waals surface area contributed by atoms with Gasteiger partial charge in [0, 0.05) is 19.6 Å². The van der Waals surface area contributed by atoms with Gasteiger partial charge in [0.1, 0.15) is 20.8 Å². The van der Waals surface area contributed by atoms with Gasteiger partial charge in [0.15, 0.2) is 0 Å². The second-order valence-corrected chi connectivity index (χ2v) is 9.35. The predicted molar refractivity (Wildman–Crippen MR) is 101 cm³/mol. The molecule has 0 aliphatic carbocycles. The number of hydrogen-bond acceptors (Lipinski definition) is 7. The summed E-state index contributed by atoms with van der Waals surface area (Å²) >= 11 is 2.29. The number of amides is 1. The zero-order valence-electron chi connectivity index (χ0n) is 13.7. The lowest BCUT2D eigenvalue weighted by Crippen LogP contribution is -2.30. The van der Waals surface area contributed by atoms with E-state index < -0.39 is 10.0 Å². The number of sulfonamides is 1. The van der Waals surface area contributed by atoms with E-state index in [2.05, 4.69) is 14.1 Å². The molecule has 136 valence electrons. The minimum absolute atomic E-state index is 0.0982. The third kappa shape index (κ3) is 3.25. The molecule has 1 aromatic carbocycles.